The first-order valence-corrected chi connectivity index (χ1v) is 4.95. The van der Waals surface area contributed by atoms with Gasteiger partial charge >= 0.3 is 0 Å². The highest BCUT2D eigenvalue weighted by Crippen LogP contribution is 2.22. The summed E-state index contributed by atoms with van der Waals surface area (Å²) in [5, 5.41) is 3.03. The molecule has 3 rings (SSSR count). The van der Waals surface area contributed by atoms with Crippen LogP contribution in [0.2, 0.25) is 0 Å². The molecule has 1 aliphatic rings. The van der Waals surface area contributed by atoms with Crippen LogP contribution in [-0.2, 0) is 13.6 Å². The van der Waals surface area contributed by atoms with E-state index in [2.05, 4.69) is 15.3 Å². The lowest BCUT2D eigenvalue weighted by molar-refractivity contribution is 0.0977. The molecule has 0 spiro atoms. The largest absolute Gasteiger partial charge is 0.440 e. The Bertz CT molecular complexity index is 541. The molecule has 16 heavy (non-hydrogen) atoms. The molecule has 0 saturated heterocycles. The maximum absolute atomic E-state index is 11.6. The first kappa shape index (κ1) is 9.29. The van der Waals surface area contributed by atoms with E-state index >= 15 is 0 Å². The minimum atomic E-state index is 0.0163. The molecule has 0 radical (unpaired) electrons. The van der Waals surface area contributed by atoms with Gasteiger partial charge in [-0.05, 0) is 0 Å². The molecular formula is C10H10N4O2. The third-order valence-corrected chi connectivity index (χ3v) is 2.71. The van der Waals surface area contributed by atoms with Gasteiger partial charge in [0.05, 0.1) is 18.4 Å². The molecule has 0 saturated carbocycles. The lowest BCUT2D eigenvalue weighted by atomic mass is 10.1. The number of nitrogens with zero attached hydrogens (tertiary/aromatic N) is 3. The van der Waals surface area contributed by atoms with Crippen LogP contribution in [0, 0.1) is 0 Å². The van der Waals surface area contributed by atoms with Gasteiger partial charge in [0.25, 0.3) is 0 Å². The topological polar surface area (TPSA) is 73.0 Å². The third kappa shape index (κ3) is 1.20. The summed E-state index contributed by atoms with van der Waals surface area (Å²) >= 11 is 0. The number of carbonyl (C=O) groups excluding carboxylic acids is 1. The summed E-state index contributed by atoms with van der Waals surface area (Å²) in [5.41, 5.74) is 1.43. The molecule has 3 heterocycles. The van der Waals surface area contributed by atoms with Crippen LogP contribution in [0.3, 0.4) is 0 Å². The normalized spacial score (nSPS) is 15.2. The van der Waals surface area contributed by atoms with E-state index in [-0.39, 0.29) is 5.78 Å². The Morgan fingerprint density at radius 2 is 2.38 bits per heavy atom. The van der Waals surface area contributed by atoms with E-state index in [0.717, 1.165) is 5.69 Å². The van der Waals surface area contributed by atoms with Gasteiger partial charge < -0.3 is 14.3 Å². The smallest absolute Gasteiger partial charge is 0.196 e. The first-order valence-electron chi connectivity index (χ1n) is 4.95. The maximum atomic E-state index is 11.6. The van der Waals surface area contributed by atoms with Crippen molar-refractivity contribution in [1.29, 1.82) is 0 Å². The molecule has 82 valence electrons. The zero-order valence-corrected chi connectivity index (χ0v) is 8.73. The summed E-state index contributed by atoms with van der Waals surface area (Å²) in [7, 11) is 1.87. The van der Waals surface area contributed by atoms with Gasteiger partial charge in [-0.3, -0.25) is 4.79 Å². The van der Waals surface area contributed by atoms with E-state index in [0.29, 0.717) is 30.4 Å². The van der Waals surface area contributed by atoms with Crippen molar-refractivity contribution in [2.45, 2.75) is 6.54 Å². The van der Waals surface area contributed by atoms with E-state index < -0.39 is 0 Å². The van der Waals surface area contributed by atoms with Crippen LogP contribution in [0.15, 0.2) is 17.0 Å². The van der Waals surface area contributed by atoms with Crippen molar-refractivity contribution in [1.82, 2.24) is 19.9 Å². The summed E-state index contributed by atoms with van der Waals surface area (Å²) in [5.74, 6) is 1.23. The molecule has 0 atom stereocenters. The fraction of sp³-hybridized carbons (Fsp3) is 0.300. The molecule has 6 heteroatoms. The molecule has 0 aliphatic carbocycles. The standard InChI is InChI=1S/C10H10N4O2/c1-14-6-2-11-3-7(15)9(6)13-10(14)8-4-12-5-16-8/h4-5,11H,2-3H2,1H3. The highest BCUT2D eigenvalue weighted by molar-refractivity contribution is 5.98. The van der Waals surface area contributed by atoms with E-state index in [9.17, 15) is 4.79 Å². The van der Waals surface area contributed by atoms with Crippen LogP contribution < -0.4 is 5.32 Å². The zero-order valence-electron chi connectivity index (χ0n) is 8.73. The average Bonchev–Trinajstić information content (AvgIpc) is 2.88. The predicted molar refractivity (Wildman–Crippen MR) is 54.7 cm³/mol. The van der Waals surface area contributed by atoms with Gasteiger partial charge in [-0.25, -0.2) is 9.97 Å². The minimum absolute atomic E-state index is 0.0163. The molecule has 0 aromatic carbocycles. The summed E-state index contributed by atoms with van der Waals surface area (Å²) in [6.07, 6.45) is 2.94. The van der Waals surface area contributed by atoms with Gasteiger partial charge in [-0.1, -0.05) is 0 Å². The minimum Gasteiger partial charge on any atom is -0.440 e. The zero-order chi connectivity index (χ0) is 11.1. The van der Waals surface area contributed by atoms with Crippen LogP contribution in [0.4, 0.5) is 0 Å². The Hall–Kier alpha value is -1.95. The summed E-state index contributed by atoms with van der Waals surface area (Å²) in [6, 6.07) is 0. The van der Waals surface area contributed by atoms with E-state index in [1.165, 1.54) is 6.39 Å². The lowest BCUT2D eigenvalue weighted by Crippen LogP contribution is -2.30. The van der Waals surface area contributed by atoms with E-state index in [4.69, 9.17) is 4.42 Å². The molecule has 6 nitrogen and oxygen atoms in total. The van der Waals surface area contributed by atoms with Gasteiger partial charge in [-0.2, -0.15) is 0 Å². The number of ketones is 1. The summed E-state index contributed by atoms with van der Waals surface area (Å²) < 4.78 is 7.05. The molecule has 0 fully saturated rings. The Kier molecular flexibility index (Phi) is 1.90. The number of hydrogen-bond donors (Lipinski definition) is 1. The van der Waals surface area contributed by atoms with Crippen molar-refractivity contribution in [3.8, 4) is 11.6 Å². The highest BCUT2D eigenvalue weighted by atomic mass is 16.3. The molecule has 0 bridgehead atoms. The Balaban J connectivity index is 2.18. The Morgan fingerprint density at radius 3 is 3.06 bits per heavy atom. The van der Waals surface area contributed by atoms with Crippen LogP contribution in [-0.4, -0.2) is 26.9 Å². The fourth-order valence-electron chi connectivity index (χ4n) is 1.88. The number of aromatic nitrogens is 3. The number of Topliss-reactive ketones (excluding diaryl/α,β-unsaturated/α-hetero) is 1. The molecule has 2 aromatic rings. The number of hydrogen-bond acceptors (Lipinski definition) is 5. The first-order chi connectivity index (χ1) is 7.77. The Morgan fingerprint density at radius 1 is 1.50 bits per heavy atom. The Labute approximate surface area is 91.3 Å². The number of nitrogens with one attached hydrogen (secondary N) is 1. The van der Waals surface area contributed by atoms with Crippen molar-refractivity contribution in [2.75, 3.05) is 6.54 Å². The summed E-state index contributed by atoms with van der Waals surface area (Å²) in [6.45, 7) is 0.999. The molecule has 0 amide bonds. The van der Waals surface area contributed by atoms with Crippen LogP contribution in [0.25, 0.3) is 11.6 Å². The number of carbonyl (C=O) groups is 1. The fourth-order valence-corrected chi connectivity index (χ4v) is 1.88. The lowest BCUT2D eigenvalue weighted by Gasteiger charge is -2.11. The van der Waals surface area contributed by atoms with Gasteiger partial charge in [-0.15, -0.1) is 0 Å². The van der Waals surface area contributed by atoms with E-state index in [1.807, 2.05) is 11.6 Å². The molecule has 2 aromatic heterocycles. The second-order valence-electron chi connectivity index (χ2n) is 3.68. The van der Waals surface area contributed by atoms with Crippen molar-refractivity contribution in [3.63, 3.8) is 0 Å². The highest BCUT2D eigenvalue weighted by Gasteiger charge is 2.25. The van der Waals surface area contributed by atoms with Crippen LogP contribution in [0.1, 0.15) is 16.2 Å². The monoisotopic (exact) mass is 218 g/mol. The number of imidazole rings is 1. The van der Waals surface area contributed by atoms with Crippen molar-refractivity contribution < 1.29 is 9.21 Å². The van der Waals surface area contributed by atoms with Crippen molar-refractivity contribution in [2.24, 2.45) is 7.05 Å². The second kappa shape index (κ2) is 3.28. The van der Waals surface area contributed by atoms with E-state index in [1.54, 1.807) is 6.20 Å². The van der Waals surface area contributed by atoms with Gasteiger partial charge in [0.1, 0.15) is 5.69 Å². The van der Waals surface area contributed by atoms with Crippen molar-refractivity contribution >= 4 is 5.78 Å². The van der Waals surface area contributed by atoms with Gasteiger partial charge in [0.2, 0.25) is 0 Å². The molecule has 1 aliphatic heterocycles. The number of rotatable bonds is 1. The van der Waals surface area contributed by atoms with Crippen molar-refractivity contribution in [3.05, 3.63) is 24.0 Å². The van der Waals surface area contributed by atoms with Gasteiger partial charge in [0, 0.05) is 13.6 Å². The summed E-state index contributed by atoms with van der Waals surface area (Å²) in [4.78, 5) is 19.8. The molecular weight excluding hydrogens is 208 g/mol. The average molecular weight is 218 g/mol. The second-order valence-corrected chi connectivity index (χ2v) is 3.68. The SMILES string of the molecule is Cn1c(-c2cnco2)nc2c1CNCC2=O. The third-order valence-electron chi connectivity index (χ3n) is 2.71. The number of oxazole rings is 1. The quantitative estimate of drug-likeness (QED) is 0.748. The van der Waals surface area contributed by atoms with Crippen LogP contribution in [0.5, 0.6) is 0 Å². The van der Waals surface area contributed by atoms with Gasteiger partial charge in [0.15, 0.2) is 23.8 Å². The molecule has 1 N–H and O–H groups in total. The predicted octanol–water partition coefficient (Wildman–Crippen LogP) is 0.361. The maximum Gasteiger partial charge on any atom is 0.196 e. The van der Waals surface area contributed by atoms with Crippen LogP contribution >= 0.6 is 0 Å². The number of fused-ring (bicyclic) bond motifs is 1. The molecule has 0 unspecified atom stereocenters.